The molecule has 0 amide bonds. The number of aromatic hydroxyl groups is 1. The number of benzene rings is 2. The van der Waals surface area contributed by atoms with E-state index in [-0.39, 0.29) is 17.2 Å². The largest absolute Gasteiger partial charge is 0.504 e. The van der Waals surface area contributed by atoms with Gasteiger partial charge in [-0.15, -0.1) is 0 Å². The van der Waals surface area contributed by atoms with Crippen LogP contribution < -0.4 is 4.74 Å². The van der Waals surface area contributed by atoms with Gasteiger partial charge in [-0.2, -0.15) is 0 Å². The molecule has 0 aliphatic rings. The van der Waals surface area contributed by atoms with Gasteiger partial charge in [0.15, 0.2) is 11.5 Å². The van der Waals surface area contributed by atoms with Gasteiger partial charge >= 0.3 is 0 Å². The van der Waals surface area contributed by atoms with Crippen molar-refractivity contribution in [3.63, 3.8) is 0 Å². The summed E-state index contributed by atoms with van der Waals surface area (Å²) in [6, 6.07) is 9.31. The van der Waals surface area contributed by atoms with Crippen LogP contribution in [0.4, 0.5) is 5.69 Å². The number of phenols is 1. The average molecular weight is 346 g/mol. The highest BCUT2D eigenvalue weighted by atomic mass is 16.6. The number of para-hydroxylation sites is 1. The van der Waals surface area contributed by atoms with Gasteiger partial charge in [0.05, 0.1) is 18.6 Å². The number of hydrogen-bond donors (Lipinski definition) is 3. The summed E-state index contributed by atoms with van der Waals surface area (Å²) in [6.07, 6.45) is 0.169. The molecule has 0 unspecified atom stereocenters. The first-order valence-corrected chi connectivity index (χ1v) is 7.40. The number of rotatable bonds is 7. The number of hydrogen-bond acceptors (Lipinski definition) is 7. The van der Waals surface area contributed by atoms with Crippen molar-refractivity contribution in [1.29, 1.82) is 0 Å². The van der Waals surface area contributed by atoms with Gasteiger partial charge in [0.1, 0.15) is 12.1 Å². The molecule has 0 spiro atoms. The minimum atomic E-state index is -1.16. The number of aliphatic hydroxyl groups excluding tert-OH is 2. The van der Waals surface area contributed by atoms with Crippen molar-refractivity contribution in [3.8, 4) is 11.5 Å². The monoisotopic (exact) mass is 346 g/mol. The van der Waals surface area contributed by atoms with Crippen molar-refractivity contribution in [2.45, 2.75) is 12.1 Å². The number of phenolic OH excluding ortho intramolecular Hbond substituents is 1. The van der Waals surface area contributed by atoms with E-state index >= 15 is 0 Å². The summed E-state index contributed by atoms with van der Waals surface area (Å²) in [7, 11) is 1.42. The molecule has 2 rings (SSSR count). The smallest absolute Gasteiger partial charge is 0.269 e. The minimum absolute atomic E-state index is 0.0960. The van der Waals surface area contributed by atoms with E-state index < -0.39 is 23.7 Å². The SMILES string of the molecule is COc1cccc(C=N[C@H](CO)[C@@H](O)c2ccc([N+](=O)[O-])cc2)c1O. The standard InChI is InChI=1S/C17H18N2O6/c1-25-15-4-2-3-12(17(15)22)9-18-14(10-20)16(21)11-5-7-13(8-6-11)19(23)24/h2-9,14,16,20-22H,10H2,1H3/t14-,16+/m1/s1. The number of aliphatic imine (C=N–C) groups is 1. The zero-order chi connectivity index (χ0) is 18.4. The van der Waals surface area contributed by atoms with E-state index in [2.05, 4.69) is 4.99 Å². The zero-order valence-corrected chi connectivity index (χ0v) is 13.4. The molecule has 2 aromatic rings. The number of nitro benzene ring substituents is 1. The second-order valence-corrected chi connectivity index (χ2v) is 5.22. The molecule has 0 heterocycles. The molecular formula is C17H18N2O6. The van der Waals surface area contributed by atoms with Crippen LogP contribution >= 0.6 is 0 Å². The molecule has 0 saturated carbocycles. The molecule has 0 aromatic heterocycles. The Morgan fingerprint density at radius 3 is 2.52 bits per heavy atom. The Morgan fingerprint density at radius 1 is 1.28 bits per heavy atom. The highest BCUT2D eigenvalue weighted by molar-refractivity contribution is 5.84. The molecule has 3 N–H and O–H groups in total. The van der Waals surface area contributed by atoms with E-state index in [0.29, 0.717) is 11.1 Å². The lowest BCUT2D eigenvalue weighted by molar-refractivity contribution is -0.384. The van der Waals surface area contributed by atoms with Crippen LogP contribution in [0.1, 0.15) is 17.2 Å². The van der Waals surface area contributed by atoms with E-state index in [1.807, 2.05) is 0 Å². The fraction of sp³-hybridized carbons (Fsp3) is 0.235. The van der Waals surface area contributed by atoms with Crippen molar-refractivity contribution in [2.24, 2.45) is 4.99 Å². The maximum atomic E-state index is 10.7. The summed E-state index contributed by atoms with van der Waals surface area (Å²) in [5.41, 5.74) is 0.659. The summed E-state index contributed by atoms with van der Waals surface area (Å²) in [5.74, 6) is 0.177. The van der Waals surface area contributed by atoms with Crippen molar-refractivity contribution >= 4 is 11.9 Å². The van der Waals surface area contributed by atoms with Gasteiger partial charge in [-0.25, -0.2) is 0 Å². The number of nitrogens with zero attached hydrogens (tertiary/aromatic N) is 2. The fourth-order valence-electron chi connectivity index (χ4n) is 2.23. The molecule has 0 aliphatic carbocycles. The van der Waals surface area contributed by atoms with Crippen LogP contribution in [0.5, 0.6) is 11.5 Å². The van der Waals surface area contributed by atoms with E-state index in [1.165, 1.54) is 37.6 Å². The highest BCUT2D eigenvalue weighted by Crippen LogP contribution is 2.28. The summed E-state index contributed by atoms with van der Waals surface area (Å²) < 4.78 is 5.00. The maximum absolute atomic E-state index is 10.7. The molecular weight excluding hydrogens is 328 g/mol. The third-order valence-electron chi connectivity index (χ3n) is 3.65. The van der Waals surface area contributed by atoms with Gasteiger partial charge in [-0.05, 0) is 29.8 Å². The van der Waals surface area contributed by atoms with E-state index in [9.17, 15) is 25.4 Å². The number of ether oxygens (including phenoxy) is 1. The Balaban J connectivity index is 2.20. The summed E-state index contributed by atoms with van der Waals surface area (Å²) in [4.78, 5) is 14.2. The summed E-state index contributed by atoms with van der Waals surface area (Å²) in [6.45, 7) is -0.445. The molecule has 0 bridgehead atoms. The molecule has 8 nitrogen and oxygen atoms in total. The minimum Gasteiger partial charge on any atom is -0.504 e. The summed E-state index contributed by atoms with van der Waals surface area (Å²) >= 11 is 0. The van der Waals surface area contributed by atoms with Crippen LogP contribution in [0.2, 0.25) is 0 Å². The van der Waals surface area contributed by atoms with E-state index in [0.717, 1.165) is 0 Å². The Hall–Kier alpha value is -2.97. The highest BCUT2D eigenvalue weighted by Gasteiger charge is 2.20. The molecule has 8 heteroatoms. The molecule has 0 saturated heterocycles. The predicted molar refractivity (Wildman–Crippen MR) is 91.2 cm³/mol. The quantitative estimate of drug-likeness (QED) is 0.399. The van der Waals surface area contributed by atoms with Crippen LogP contribution in [-0.4, -0.2) is 46.2 Å². The lowest BCUT2D eigenvalue weighted by Gasteiger charge is -2.17. The lowest BCUT2D eigenvalue weighted by Crippen LogP contribution is -2.21. The van der Waals surface area contributed by atoms with Gasteiger partial charge in [0.2, 0.25) is 0 Å². The van der Waals surface area contributed by atoms with Gasteiger partial charge in [-0.3, -0.25) is 15.1 Å². The topological polar surface area (TPSA) is 125 Å². The fourth-order valence-corrected chi connectivity index (χ4v) is 2.23. The van der Waals surface area contributed by atoms with Gasteiger partial charge in [-0.1, -0.05) is 6.07 Å². The van der Waals surface area contributed by atoms with Crippen molar-refractivity contribution in [3.05, 3.63) is 63.7 Å². The van der Waals surface area contributed by atoms with Crippen molar-refractivity contribution < 1.29 is 25.0 Å². The van der Waals surface area contributed by atoms with Crippen molar-refractivity contribution in [1.82, 2.24) is 0 Å². The van der Waals surface area contributed by atoms with Crippen LogP contribution in [0.3, 0.4) is 0 Å². The predicted octanol–water partition coefficient (Wildman–Crippen LogP) is 1.82. The normalized spacial score (nSPS) is 13.6. The average Bonchev–Trinajstić information content (AvgIpc) is 2.63. The first kappa shape index (κ1) is 18.4. The molecule has 2 aromatic carbocycles. The molecule has 0 fully saturated rings. The number of methoxy groups -OCH3 is 1. The van der Waals surface area contributed by atoms with Crippen LogP contribution in [-0.2, 0) is 0 Å². The number of non-ortho nitro benzene ring substituents is 1. The van der Waals surface area contributed by atoms with Crippen LogP contribution in [0, 0.1) is 10.1 Å². The maximum Gasteiger partial charge on any atom is 0.269 e. The Kier molecular flexibility index (Phi) is 6.04. The molecule has 0 aliphatic heterocycles. The van der Waals surface area contributed by atoms with Crippen molar-refractivity contribution in [2.75, 3.05) is 13.7 Å². The Bertz CT molecular complexity index is 760. The molecule has 0 radical (unpaired) electrons. The van der Waals surface area contributed by atoms with Crippen LogP contribution in [0.15, 0.2) is 47.5 Å². The molecule has 25 heavy (non-hydrogen) atoms. The summed E-state index contributed by atoms with van der Waals surface area (Å²) in [5, 5.41) is 40.5. The first-order chi connectivity index (χ1) is 12.0. The second-order valence-electron chi connectivity index (χ2n) is 5.22. The molecule has 132 valence electrons. The zero-order valence-electron chi connectivity index (χ0n) is 13.4. The van der Waals surface area contributed by atoms with Crippen LogP contribution in [0.25, 0.3) is 0 Å². The second kappa shape index (κ2) is 8.22. The van der Waals surface area contributed by atoms with Gasteiger partial charge in [0, 0.05) is 23.9 Å². The van der Waals surface area contributed by atoms with E-state index in [1.54, 1.807) is 18.2 Å². The Morgan fingerprint density at radius 2 is 1.96 bits per heavy atom. The first-order valence-electron chi connectivity index (χ1n) is 7.40. The lowest BCUT2D eigenvalue weighted by atomic mass is 10.0. The number of nitro groups is 1. The molecule has 2 atom stereocenters. The Labute approximate surface area is 143 Å². The van der Waals surface area contributed by atoms with Gasteiger partial charge < -0.3 is 20.1 Å². The third kappa shape index (κ3) is 4.31. The third-order valence-corrected chi connectivity index (χ3v) is 3.65. The van der Waals surface area contributed by atoms with Gasteiger partial charge in [0.25, 0.3) is 5.69 Å². The number of aliphatic hydroxyl groups is 2. The van der Waals surface area contributed by atoms with E-state index in [4.69, 9.17) is 4.74 Å².